The van der Waals surface area contributed by atoms with Gasteiger partial charge < -0.3 is 20.1 Å². The molecule has 0 fully saturated rings. The van der Waals surface area contributed by atoms with Crippen molar-refractivity contribution in [2.75, 3.05) is 26.1 Å². The largest absolute Gasteiger partial charge is 0.493 e. The van der Waals surface area contributed by atoms with E-state index in [0.717, 1.165) is 16.7 Å². The number of thiazole rings is 1. The minimum Gasteiger partial charge on any atom is -0.493 e. The summed E-state index contributed by atoms with van der Waals surface area (Å²) in [5.41, 5.74) is -0.198. The lowest BCUT2D eigenvalue weighted by atomic mass is 10.2. The first-order valence-electron chi connectivity index (χ1n) is 7.67. The summed E-state index contributed by atoms with van der Waals surface area (Å²) in [4.78, 5) is 7.62. The third-order valence-corrected chi connectivity index (χ3v) is 4.05. The highest BCUT2D eigenvalue weighted by Crippen LogP contribution is 2.31. The number of rotatable bonds is 6. The molecule has 27 heavy (non-hydrogen) atoms. The molecule has 1 heterocycles. The number of nitrogens with zero attached hydrogens (tertiary/aromatic N) is 2. The third kappa shape index (κ3) is 6.72. The summed E-state index contributed by atoms with van der Waals surface area (Å²) < 4.78 is 48.5. The maximum atomic E-state index is 12.6. The van der Waals surface area contributed by atoms with Gasteiger partial charge in [0.25, 0.3) is 0 Å². The predicted molar refractivity (Wildman–Crippen MR) is 111 cm³/mol. The Balaban J connectivity index is 0.00000364. The van der Waals surface area contributed by atoms with E-state index in [-0.39, 0.29) is 30.5 Å². The Hall–Kier alpha value is -1.76. The Morgan fingerprint density at radius 1 is 1.30 bits per heavy atom. The van der Waals surface area contributed by atoms with Gasteiger partial charge in [-0.05, 0) is 19.1 Å². The predicted octanol–water partition coefficient (Wildman–Crippen LogP) is 4.37. The number of methoxy groups -OCH3 is 1. The van der Waals surface area contributed by atoms with E-state index in [1.807, 2.05) is 6.92 Å². The molecule has 2 aromatic rings. The summed E-state index contributed by atoms with van der Waals surface area (Å²) in [6.07, 6.45) is -4.44. The number of hydrogen-bond acceptors (Lipinski definition) is 5. The lowest BCUT2D eigenvalue weighted by molar-refractivity contribution is -0.140. The summed E-state index contributed by atoms with van der Waals surface area (Å²) in [6.45, 7) is 2.47. The van der Waals surface area contributed by atoms with Crippen LogP contribution in [-0.4, -0.2) is 31.7 Å². The fraction of sp³-hybridized carbons (Fsp3) is 0.375. The number of alkyl halides is 3. The second-order valence-electron chi connectivity index (χ2n) is 4.97. The van der Waals surface area contributed by atoms with Gasteiger partial charge in [-0.25, -0.2) is 4.98 Å². The van der Waals surface area contributed by atoms with Gasteiger partial charge in [-0.3, -0.25) is 4.99 Å². The maximum Gasteiger partial charge on any atom is 0.434 e. The second-order valence-corrected chi connectivity index (χ2v) is 5.92. The van der Waals surface area contributed by atoms with Gasteiger partial charge in [-0.15, -0.1) is 35.3 Å². The molecule has 11 heteroatoms. The molecule has 0 atom stereocenters. The molecule has 0 aliphatic rings. The number of anilines is 1. The number of ether oxygens (including phenoxy) is 2. The SMILES string of the molecule is CCOc1cc(NC(=NC)NCc2nc(C(F)(F)F)cs2)ccc1OC.I. The highest BCUT2D eigenvalue weighted by Gasteiger charge is 2.33. The number of nitrogens with one attached hydrogen (secondary N) is 2. The number of aliphatic imine (C=N–C) groups is 1. The van der Waals surface area contributed by atoms with Crippen LogP contribution >= 0.6 is 35.3 Å². The molecule has 0 saturated carbocycles. The van der Waals surface area contributed by atoms with Gasteiger partial charge in [0.2, 0.25) is 0 Å². The van der Waals surface area contributed by atoms with Gasteiger partial charge in [0.05, 0.1) is 20.3 Å². The van der Waals surface area contributed by atoms with Crippen LogP contribution in [0, 0.1) is 0 Å². The van der Waals surface area contributed by atoms with Crippen LogP contribution in [0.5, 0.6) is 11.5 Å². The van der Waals surface area contributed by atoms with Crippen LogP contribution in [0.1, 0.15) is 17.6 Å². The van der Waals surface area contributed by atoms with Crippen LogP contribution in [0.3, 0.4) is 0 Å². The molecule has 150 valence electrons. The summed E-state index contributed by atoms with van der Waals surface area (Å²) in [5, 5.41) is 7.27. The Morgan fingerprint density at radius 3 is 2.59 bits per heavy atom. The fourth-order valence-corrected chi connectivity index (χ4v) is 2.76. The van der Waals surface area contributed by atoms with Crippen molar-refractivity contribution in [1.82, 2.24) is 10.3 Å². The highest BCUT2D eigenvalue weighted by molar-refractivity contribution is 14.0. The summed E-state index contributed by atoms with van der Waals surface area (Å²) >= 11 is 0.936. The average Bonchev–Trinajstić information content (AvgIpc) is 3.08. The van der Waals surface area contributed by atoms with Crippen molar-refractivity contribution in [2.24, 2.45) is 4.99 Å². The van der Waals surface area contributed by atoms with Crippen LogP contribution in [0.2, 0.25) is 0 Å². The van der Waals surface area contributed by atoms with E-state index in [9.17, 15) is 13.2 Å². The number of halogens is 4. The normalized spacial score (nSPS) is 11.6. The Labute approximate surface area is 176 Å². The number of guanidine groups is 1. The van der Waals surface area contributed by atoms with Crippen LogP contribution < -0.4 is 20.1 Å². The van der Waals surface area contributed by atoms with E-state index in [1.165, 1.54) is 0 Å². The lowest BCUT2D eigenvalue weighted by Gasteiger charge is -2.14. The van der Waals surface area contributed by atoms with E-state index in [1.54, 1.807) is 32.4 Å². The van der Waals surface area contributed by atoms with E-state index < -0.39 is 11.9 Å². The smallest absolute Gasteiger partial charge is 0.434 e. The second kappa shape index (κ2) is 10.5. The molecule has 0 aliphatic carbocycles. The van der Waals surface area contributed by atoms with Gasteiger partial charge in [0, 0.05) is 24.2 Å². The fourth-order valence-electron chi connectivity index (χ4n) is 2.02. The maximum absolute atomic E-state index is 12.6. The summed E-state index contributed by atoms with van der Waals surface area (Å²) in [7, 11) is 3.11. The molecule has 2 N–H and O–H groups in total. The van der Waals surface area contributed by atoms with Gasteiger partial charge >= 0.3 is 6.18 Å². The molecule has 0 radical (unpaired) electrons. The lowest BCUT2D eigenvalue weighted by Crippen LogP contribution is -2.30. The molecular weight excluding hydrogens is 496 g/mol. The van der Waals surface area contributed by atoms with E-state index in [2.05, 4.69) is 20.6 Å². The standard InChI is InChI=1S/C16H19F3N4O2S.HI/c1-4-25-12-7-10(5-6-11(12)24-3)22-15(20-2)21-8-14-23-13(9-26-14)16(17,18)19;/h5-7,9H,4,8H2,1-3H3,(H2,20,21,22);1H. The molecular formula is C16H20F3IN4O2S. The van der Waals surface area contributed by atoms with Crippen molar-refractivity contribution in [3.8, 4) is 11.5 Å². The molecule has 2 rings (SSSR count). The van der Waals surface area contributed by atoms with Crippen molar-refractivity contribution in [3.05, 3.63) is 34.3 Å². The molecule has 0 bridgehead atoms. The van der Waals surface area contributed by atoms with Crippen molar-refractivity contribution in [2.45, 2.75) is 19.6 Å². The van der Waals surface area contributed by atoms with Gasteiger partial charge in [-0.1, -0.05) is 0 Å². The summed E-state index contributed by atoms with van der Waals surface area (Å²) in [6, 6.07) is 5.27. The van der Waals surface area contributed by atoms with Crippen molar-refractivity contribution in [1.29, 1.82) is 0 Å². The van der Waals surface area contributed by atoms with Crippen LogP contribution in [0.25, 0.3) is 0 Å². The van der Waals surface area contributed by atoms with Crippen LogP contribution in [-0.2, 0) is 12.7 Å². The zero-order valence-electron chi connectivity index (χ0n) is 14.9. The topological polar surface area (TPSA) is 67.8 Å². The van der Waals surface area contributed by atoms with Gasteiger partial charge in [0.1, 0.15) is 5.01 Å². The first-order chi connectivity index (χ1) is 12.4. The Kier molecular flexibility index (Phi) is 9.09. The molecule has 0 saturated heterocycles. The number of benzene rings is 1. The summed E-state index contributed by atoms with van der Waals surface area (Å²) in [5.74, 6) is 1.56. The monoisotopic (exact) mass is 516 g/mol. The van der Waals surface area contributed by atoms with Crippen molar-refractivity contribution in [3.63, 3.8) is 0 Å². The molecule has 1 aromatic heterocycles. The minimum absolute atomic E-state index is 0. The molecule has 0 unspecified atom stereocenters. The highest BCUT2D eigenvalue weighted by atomic mass is 127. The average molecular weight is 516 g/mol. The van der Waals surface area contributed by atoms with Crippen LogP contribution in [0.4, 0.5) is 18.9 Å². The first-order valence-corrected chi connectivity index (χ1v) is 8.55. The Morgan fingerprint density at radius 2 is 2.04 bits per heavy atom. The number of aromatic nitrogens is 1. The zero-order valence-corrected chi connectivity index (χ0v) is 18.0. The molecule has 6 nitrogen and oxygen atoms in total. The van der Waals surface area contributed by atoms with Crippen LogP contribution in [0.15, 0.2) is 28.6 Å². The van der Waals surface area contributed by atoms with Crippen molar-refractivity contribution >= 4 is 47.0 Å². The van der Waals surface area contributed by atoms with E-state index in [0.29, 0.717) is 34.8 Å². The number of hydrogen-bond donors (Lipinski definition) is 2. The van der Waals surface area contributed by atoms with E-state index >= 15 is 0 Å². The zero-order chi connectivity index (χ0) is 19.2. The first kappa shape index (κ1) is 23.3. The molecule has 0 spiro atoms. The molecule has 1 aromatic carbocycles. The Bertz CT molecular complexity index is 768. The van der Waals surface area contributed by atoms with E-state index in [4.69, 9.17) is 9.47 Å². The van der Waals surface area contributed by atoms with Gasteiger partial charge in [-0.2, -0.15) is 13.2 Å². The third-order valence-electron chi connectivity index (χ3n) is 3.20. The minimum atomic E-state index is -4.44. The quantitative estimate of drug-likeness (QED) is 0.339. The van der Waals surface area contributed by atoms with Gasteiger partial charge in [0.15, 0.2) is 23.2 Å². The van der Waals surface area contributed by atoms with Crippen molar-refractivity contribution < 1.29 is 22.6 Å². The molecule has 0 aliphatic heterocycles. The molecule has 0 amide bonds.